The molecule has 0 saturated carbocycles. The molecule has 0 heterocycles. The van der Waals surface area contributed by atoms with Crippen LogP contribution in [0.25, 0.3) is 0 Å². The molecule has 0 spiro atoms. The van der Waals surface area contributed by atoms with Crippen LogP contribution in [0.1, 0.15) is 25.0 Å². The minimum absolute atomic E-state index is 0.609. The smallest absolute Gasteiger partial charge is 0.126 e. The first-order chi connectivity index (χ1) is 9.58. The van der Waals surface area contributed by atoms with E-state index in [4.69, 9.17) is 4.52 Å². The van der Waals surface area contributed by atoms with Crippen molar-refractivity contribution in [2.24, 2.45) is 5.92 Å². The summed E-state index contributed by atoms with van der Waals surface area (Å²) in [5.74, 6) is 1.65. The Morgan fingerprint density at radius 3 is 2.10 bits per heavy atom. The van der Waals surface area contributed by atoms with Crippen molar-refractivity contribution in [3.63, 3.8) is 0 Å². The predicted octanol–water partition coefficient (Wildman–Crippen LogP) is 5.06. The summed E-state index contributed by atoms with van der Waals surface area (Å²) < 4.78 is 6.39. The second kappa shape index (κ2) is 6.90. The number of aryl methyl sites for hydroxylation is 2. The van der Waals surface area contributed by atoms with Crippen LogP contribution < -0.4 is 9.83 Å². The predicted molar refractivity (Wildman–Crippen MR) is 89.2 cm³/mol. The minimum Gasteiger partial charge on any atom is -0.469 e. The van der Waals surface area contributed by atoms with E-state index in [1.54, 1.807) is 0 Å². The van der Waals surface area contributed by atoms with E-state index in [2.05, 4.69) is 70.2 Å². The molecule has 2 aromatic rings. The van der Waals surface area contributed by atoms with Gasteiger partial charge < -0.3 is 4.52 Å². The first kappa shape index (κ1) is 15.1. The van der Waals surface area contributed by atoms with Gasteiger partial charge in [0.1, 0.15) is 13.9 Å². The monoisotopic (exact) mass is 286 g/mol. The van der Waals surface area contributed by atoms with Gasteiger partial charge in [0, 0.05) is 11.5 Å². The van der Waals surface area contributed by atoms with Crippen LogP contribution in [-0.2, 0) is 0 Å². The third kappa shape index (κ3) is 3.84. The van der Waals surface area contributed by atoms with Gasteiger partial charge in [-0.2, -0.15) is 0 Å². The van der Waals surface area contributed by atoms with E-state index >= 15 is 0 Å². The van der Waals surface area contributed by atoms with Crippen molar-refractivity contribution in [3.8, 4) is 5.75 Å². The van der Waals surface area contributed by atoms with Gasteiger partial charge in [0.25, 0.3) is 0 Å². The molecule has 2 aromatic carbocycles. The van der Waals surface area contributed by atoms with Crippen molar-refractivity contribution in [1.82, 2.24) is 0 Å². The Balaban J connectivity index is 2.29. The number of hydrogen-bond acceptors (Lipinski definition) is 1. The van der Waals surface area contributed by atoms with E-state index in [0.717, 1.165) is 11.9 Å². The molecule has 0 bridgehead atoms. The Morgan fingerprint density at radius 2 is 1.50 bits per heavy atom. The molecule has 20 heavy (non-hydrogen) atoms. The van der Waals surface area contributed by atoms with E-state index in [-0.39, 0.29) is 0 Å². The van der Waals surface area contributed by atoms with E-state index in [9.17, 15) is 0 Å². The zero-order valence-electron chi connectivity index (χ0n) is 12.8. The molecule has 2 heteroatoms. The largest absolute Gasteiger partial charge is 0.469 e. The molecular weight excluding hydrogens is 263 g/mol. The van der Waals surface area contributed by atoms with E-state index < -0.39 is 8.15 Å². The van der Waals surface area contributed by atoms with Crippen molar-refractivity contribution in [2.45, 2.75) is 27.7 Å². The molecule has 0 amide bonds. The van der Waals surface area contributed by atoms with Gasteiger partial charge in [-0.25, -0.2) is 0 Å². The minimum atomic E-state index is -0.609. The van der Waals surface area contributed by atoms with Crippen molar-refractivity contribution in [3.05, 3.63) is 59.7 Å². The van der Waals surface area contributed by atoms with Crippen LogP contribution >= 0.6 is 8.15 Å². The SMILES string of the molecule is Cc1ccccc1OP(CC(C)C)c1ccccc1C. The van der Waals surface area contributed by atoms with Crippen LogP contribution in [0.5, 0.6) is 5.75 Å². The van der Waals surface area contributed by atoms with Crippen molar-refractivity contribution < 1.29 is 4.52 Å². The maximum Gasteiger partial charge on any atom is 0.126 e. The zero-order valence-corrected chi connectivity index (χ0v) is 13.7. The van der Waals surface area contributed by atoms with Crippen molar-refractivity contribution >= 4 is 13.5 Å². The highest BCUT2D eigenvalue weighted by Crippen LogP contribution is 2.41. The lowest BCUT2D eigenvalue weighted by molar-refractivity contribution is 0.600. The molecule has 0 fully saturated rings. The molecule has 0 aromatic heterocycles. The van der Waals surface area contributed by atoms with Crippen molar-refractivity contribution in [1.29, 1.82) is 0 Å². The molecule has 1 atom stereocenters. The Labute approximate surface area is 123 Å². The first-order valence-corrected chi connectivity index (χ1v) is 8.59. The molecule has 106 valence electrons. The average molecular weight is 286 g/mol. The summed E-state index contributed by atoms with van der Waals surface area (Å²) in [7, 11) is -0.609. The highest BCUT2D eigenvalue weighted by atomic mass is 31.1. The van der Waals surface area contributed by atoms with Crippen LogP contribution in [-0.4, -0.2) is 6.16 Å². The van der Waals surface area contributed by atoms with Gasteiger partial charge in [-0.3, -0.25) is 0 Å². The van der Waals surface area contributed by atoms with Crippen LogP contribution in [0.2, 0.25) is 0 Å². The van der Waals surface area contributed by atoms with Crippen LogP contribution in [0.15, 0.2) is 48.5 Å². The summed E-state index contributed by atoms with van der Waals surface area (Å²) >= 11 is 0. The second-order valence-corrected chi connectivity index (χ2v) is 7.38. The Hall–Kier alpha value is -1.33. The molecule has 1 unspecified atom stereocenters. The molecule has 2 rings (SSSR count). The van der Waals surface area contributed by atoms with Gasteiger partial charge in [-0.1, -0.05) is 56.3 Å². The molecule has 0 aliphatic carbocycles. The summed E-state index contributed by atoms with van der Waals surface area (Å²) in [6.07, 6.45) is 1.09. The maximum absolute atomic E-state index is 6.39. The van der Waals surface area contributed by atoms with Gasteiger partial charge in [-0.15, -0.1) is 0 Å². The fraction of sp³-hybridized carbons (Fsp3) is 0.333. The van der Waals surface area contributed by atoms with E-state index in [1.165, 1.54) is 16.4 Å². The maximum atomic E-state index is 6.39. The highest BCUT2D eigenvalue weighted by molar-refractivity contribution is 7.61. The summed E-state index contributed by atoms with van der Waals surface area (Å²) in [6.45, 7) is 8.80. The molecule has 1 nitrogen and oxygen atoms in total. The van der Waals surface area contributed by atoms with E-state index in [0.29, 0.717) is 5.92 Å². The summed E-state index contributed by atoms with van der Waals surface area (Å²) in [6, 6.07) is 16.9. The topological polar surface area (TPSA) is 9.23 Å². The Morgan fingerprint density at radius 1 is 0.900 bits per heavy atom. The molecule has 0 aliphatic heterocycles. The number of hydrogen-bond donors (Lipinski definition) is 0. The normalized spacial score (nSPS) is 12.4. The van der Waals surface area contributed by atoms with Crippen molar-refractivity contribution in [2.75, 3.05) is 6.16 Å². The zero-order chi connectivity index (χ0) is 14.5. The first-order valence-electron chi connectivity index (χ1n) is 7.14. The molecule has 0 N–H and O–H groups in total. The van der Waals surface area contributed by atoms with Crippen LogP contribution in [0.3, 0.4) is 0 Å². The molecule has 0 saturated heterocycles. The van der Waals surface area contributed by atoms with Gasteiger partial charge in [-0.05, 0) is 37.0 Å². The quantitative estimate of drug-likeness (QED) is 0.698. The third-order valence-corrected chi connectivity index (χ3v) is 5.74. The fourth-order valence-corrected chi connectivity index (χ4v) is 4.33. The summed E-state index contributed by atoms with van der Waals surface area (Å²) in [5, 5.41) is 1.36. The average Bonchev–Trinajstić information content (AvgIpc) is 2.40. The van der Waals surface area contributed by atoms with Gasteiger partial charge >= 0.3 is 0 Å². The van der Waals surface area contributed by atoms with Crippen LogP contribution in [0.4, 0.5) is 0 Å². The Bertz CT molecular complexity index is 563. The van der Waals surface area contributed by atoms with Gasteiger partial charge in [0.05, 0.1) is 0 Å². The fourth-order valence-electron chi connectivity index (χ4n) is 2.14. The summed E-state index contributed by atoms with van der Waals surface area (Å²) in [4.78, 5) is 0. The van der Waals surface area contributed by atoms with E-state index in [1.807, 2.05) is 6.07 Å². The van der Waals surface area contributed by atoms with Crippen LogP contribution in [0, 0.1) is 19.8 Å². The molecular formula is C18H23OP. The number of para-hydroxylation sites is 1. The third-order valence-electron chi connectivity index (χ3n) is 3.22. The summed E-state index contributed by atoms with van der Waals surface area (Å²) in [5.41, 5.74) is 2.53. The van der Waals surface area contributed by atoms with Gasteiger partial charge in [0.15, 0.2) is 0 Å². The molecule has 0 aliphatic rings. The lowest BCUT2D eigenvalue weighted by Gasteiger charge is -2.23. The lowest BCUT2D eigenvalue weighted by atomic mass is 10.2. The lowest BCUT2D eigenvalue weighted by Crippen LogP contribution is -2.14. The number of rotatable bonds is 5. The standard InChI is InChI=1S/C18H23OP/c1-14(2)13-20(18-12-8-6-10-16(18)4)19-17-11-7-5-9-15(17)3/h5-12,14H,13H2,1-4H3. The molecule has 0 radical (unpaired) electrons. The second-order valence-electron chi connectivity index (χ2n) is 5.60. The highest BCUT2D eigenvalue weighted by Gasteiger charge is 2.18. The van der Waals surface area contributed by atoms with Gasteiger partial charge in [0.2, 0.25) is 0 Å². The number of benzene rings is 2. The Kier molecular flexibility index (Phi) is 5.20.